The molecule has 1 aromatic carbocycles. The Hall–Kier alpha value is -3.04. The van der Waals surface area contributed by atoms with Crippen LogP contribution in [0.15, 0.2) is 35.5 Å². The number of aryl methyl sites for hydroxylation is 1. The summed E-state index contributed by atoms with van der Waals surface area (Å²) in [5.74, 6) is -1.66. The minimum atomic E-state index is -2.95. The van der Waals surface area contributed by atoms with Gasteiger partial charge in [-0.3, -0.25) is 4.79 Å². The number of fused-ring (bicyclic) bond motifs is 1. The number of aromatic nitrogens is 3. The second-order valence-electron chi connectivity index (χ2n) is 7.67. The van der Waals surface area contributed by atoms with E-state index in [9.17, 15) is 26.7 Å². The standard InChI is InChI=1S/C21H19F5N4O/c1-9-17-14(7-30(21(9)31)15-6-13(15)19(25)26)20(28-8-27-17)29-10(2)11-4-3-5-12(16(11)22)18(23)24/h3-5,7-8,10,13,15,18-19H,6H2,1-2H3,(H,27,28,29)/t10-,13?,15+/m1/s1. The van der Waals surface area contributed by atoms with Gasteiger partial charge >= 0.3 is 0 Å². The zero-order chi connectivity index (χ0) is 22.4. The van der Waals surface area contributed by atoms with E-state index < -0.39 is 47.8 Å². The van der Waals surface area contributed by atoms with Crippen LogP contribution in [0.25, 0.3) is 10.9 Å². The SMILES string of the molecule is Cc1c(=O)n([C@H]2CC2C(F)F)cc2c(N[C@H](C)c3cccc(C(F)F)c3F)ncnc12. The number of rotatable bonds is 6. The molecular formula is C21H19F5N4O. The molecule has 0 aliphatic heterocycles. The lowest BCUT2D eigenvalue weighted by molar-refractivity contribution is 0.116. The van der Waals surface area contributed by atoms with Gasteiger partial charge in [0.05, 0.1) is 22.5 Å². The minimum Gasteiger partial charge on any atom is -0.363 e. The lowest BCUT2D eigenvalue weighted by Crippen LogP contribution is -2.23. The fraction of sp³-hybridized carbons (Fsp3) is 0.381. The molecule has 1 N–H and O–H groups in total. The van der Waals surface area contributed by atoms with Crippen LogP contribution in [0.2, 0.25) is 0 Å². The third-order valence-corrected chi connectivity index (χ3v) is 5.66. The first-order valence-corrected chi connectivity index (χ1v) is 9.68. The van der Waals surface area contributed by atoms with E-state index in [1.54, 1.807) is 13.8 Å². The Morgan fingerprint density at radius 2 is 1.87 bits per heavy atom. The van der Waals surface area contributed by atoms with Crippen molar-refractivity contribution in [1.82, 2.24) is 14.5 Å². The smallest absolute Gasteiger partial charge is 0.266 e. The van der Waals surface area contributed by atoms with Crippen molar-refractivity contribution in [3.63, 3.8) is 0 Å². The van der Waals surface area contributed by atoms with Crippen molar-refractivity contribution in [1.29, 1.82) is 0 Å². The first kappa shape index (κ1) is 21.2. The van der Waals surface area contributed by atoms with Crippen molar-refractivity contribution < 1.29 is 22.0 Å². The van der Waals surface area contributed by atoms with E-state index in [0.717, 1.165) is 6.07 Å². The zero-order valence-electron chi connectivity index (χ0n) is 16.6. The normalized spacial score (nSPS) is 19.3. The van der Waals surface area contributed by atoms with E-state index in [2.05, 4.69) is 15.3 Å². The minimum absolute atomic E-state index is 0.0227. The van der Waals surface area contributed by atoms with Crippen molar-refractivity contribution in [2.45, 2.75) is 45.2 Å². The maximum absolute atomic E-state index is 14.5. The summed E-state index contributed by atoms with van der Waals surface area (Å²) in [4.78, 5) is 20.9. The largest absolute Gasteiger partial charge is 0.363 e. The molecule has 1 unspecified atom stereocenters. The van der Waals surface area contributed by atoms with Crippen molar-refractivity contribution in [3.8, 4) is 0 Å². The summed E-state index contributed by atoms with van der Waals surface area (Å²) in [6, 6.07) is 2.40. The van der Waals surface area contributed by atoms with Crippen molar-refractivity contribution >= 4 is 16.7 Å². The highest BCUT2D eigenvalue weighted by Gasteiger charge is 2.46. The Morgan fingerprint density at radius 3 is 2.52 bits per heavy atom. The van der Waals surface area contributed by atoms with Crippen molar-refractivity contribution in [3.05, 3.63) is 63.6 Å². The molecule has 3 atom stereocenters. The number of nitrogens with one attached hydrogen (secondary N) is 1. The molecule has 0 radical (unpaired) electrons. The van der Waals surface area contributed by atoms with E-state index in [0.29, 0.717) is 10.9 Å². The molecule has 10 heteroatoms. The van der Waals surface area contributed by atoms with Gasteiger partial charge in [0, 0.05) is 29.3 Å². The number of hydrogen-bond donors (Lipinski definition) is 1. The van der Waals surface area contributed by atoms with Crippen LogP contribution in [0.5, 0.6) is 0 Å². The topological polar surface area (TPSA) is 59.8 Å². The summed E-state index contributed by atoms with van der Waals surface area (Å²) in [5.41, 5.74) is -0.470. The third kappa shape index (κ3) is 3.75. The highest BCUT2D eigenvalue weighted by molar-refractivity contribution is 5.90. The average molecular weight is 438 g/mol. The maximum Gasteiger partial charge on any atom is 0.266 e. The van der Waals surface area contributed by atoms with Crippen molar-refractivity contribution in [2.75, 3.05) is 5.32 Å². The number of alkyl halides is 4. The summed E-state index contributed by atoms with van der Waals surface area (Å²) in [5, 5.41) is 3.38. The fourth-order valence-corrected chi connectivity index (χ4v) is 3.82. The quantitative estimate of drug-likeness (QED) is 0.539. The van der Waals surface area contributed by atoms with Crippen LogP contribution in [0.4, 0.5) is 27.8 Å². The molecule has 1 saturated carbocycles. The lowest BCUT2D eigenvalue weighted by atomic mass is 10.0. The van der Waals surface area contributed by atoms with Gasteiger partial charge in [0.1, 0.15) is 18.0 Å². The number of halogens is 5. The number of hydrogen-bond acceptors (Lipinski definition) is 4. The number of pyridine rings is 1. The fourth-order valence-electron chi connectivity index (χ4n) is 3.82. The van der Waals surface area contributed by atoms with Crippen LogP contribution in [0.3, 0.4) is 0 Å². The molecule has 5 nitrogen and oxygen atoms in total. The van der Waals surface area contributed by atoms with Crippen LogP contribution >= 0.6 is 0 Å². The Kier molecular flexibility index (Phi) is 5.40. The van der Waals surface area contributed by atoms with E-state index in [4.69, 9.17) is 0 Å². The molecule has 0 amide bonds. The maximum atomic E-state index is 14.5. The number of anilines is 1. The monoisotopic (exact) mass is 438 g/mol. The summed E-state index contributed by atoms with van der Waals surface area (Å²) in [7, 11) is 0. The van der Waals surface area contributed by atoms with Crippen LogP contribution < -0.4 is 10.9 Å². The highest BCUT2D eigenvalue weighted by atomic mass is 19.3. The molecule has 0 spiro atoms. The van der Waals surface area contributed by atoms with Gasteiger partial charge in [0.25, 0.3) is 12.0 Å². The third-order valence-electron chi connectivity index (χ3n) is 5.66. The Labute approximate surface area is 173 Å². The van der Waals surface area contributed by atoms with Crippen LogP contribution in [-0.4, -0.2) is 21.0 Å². The highest BCUT2D eigenvalue weighted by Crippen LogP contribution is 2.47. The molecule has 2 heterocycles. The van der Waals surface area contributed by atoms with Crippen molar-refractivity contribution in [2.24, 2.45) is 5.92 Å². The van der Waals surface area contributed by atoms with Gasteiger partial charge in [-0.25, -0.2) is 31.9 Å². The summed E-state index contributed by atoms with van der Waals surface area (Å²) in [6.45, 7) is 3.13. The molecule has 0 bridgehead atoms. The van der Waals surface area contributed by atoms with Gasteiger partial charge in [0.15, 0.2) is 0 Å². The Balaban J connectivity index is 1.74. The summed E-state index contributed by atoms with van der Waals surface area (Å²) in [6.07, 6.45) is -2.63. The first-order valence-electron chi connectivity index (χ1n) is 9.68. The van der Waals surface area contributed by atoms with Crippen LogP contribution in [-0.2, 0) is 0 Å². The Bertz CT molecular complexity index is 1200. The Morgan fingerprint density at radius 1 is 1.16 bits per heavy atom. The molecule has 1 fully saturated rings. The van der Waals surface area contributed by atoms with Crippen LogP contribution in [0.1, 0.15) is 48.5 Å². The summed E-state index contributed by atoms with van der Waals surface area (Å²) < 4.78 is 67.9. The molecule has 2 aromatic heterocycles. The molecule has 4 rings (SSSR count). The predicted octanol–water partition coefficient (Wildman–Crippen LogP) is 5.18. The molecule has 3 aromatic rings. The molecule has 0 saturated heterocycles. The van der Waals surface area contributed by atoms with Gasteiger partial charge in [-0.2, -0.15) is 0 Å². The van der Waals surface area contributed by atoms with Crippen LogP contribution in [0, 0.1) is 18.7 Å². The van der Waals surface area contributed by atoms with Gasteiger partial charge in [0.2, 0.25) is 6.43 Å². The summed E-state index contributed by atoms with van der Waals surface area (Å²) >= 11 is 0. The van der Waals surface area contributed by atoms with Gasteiger partial charge < -0.3 is 9.88 Å². The van der Waals surface area contributed by atoms with Gasteiger partial charge in [-0.1, -0.05) is 18.2 Å². The second kappa shape index (κ2) is 7.90. The average Bonchev–Trinajstić information content (AvgIpc) is 3.52. The van der Waals surface area contributed by atoms with E-state index in [-0.39, 0.29) is 23.4 Å². The number of nitrogens with zero attached hydrogens (tertiary/aromatic N) is 3. The predicted molar refractivity (Wildman–Crippen MR) is 105 cm³/mol. The second-order valence-corrected chi connectivity index (χ2v) is 7.67. The lowest BCUT2D eigenvalue weighted by Gasteiger charge is -2.19. The van der Waals surface area contributed by atoms with E-state index in [1.807, 2.05) is 0 Å². The van der Waals surface area contributed by atoms with E-state index in [1.165, 1.54) is 29.2 Å². The zero-order valence-corrected chi connectivity index (χ0v) is 16.6. The van der Waals surface area contributed by atoms with E-state index >= 15 is 0 Å². The van der Waals surface area contributed by atoms with Gasteiger partial charge in [-0.15, -0.1) is 0 Å². The molecule has 31 heavy (non-hydrogen) atoms. The van der Waals surface area contributed by atoms with Gasteiger partial charge in [-0.05, 0) is 20.3 Å². The number of benzene rings is 1. The molecular weight excluding hydrogens is 419 g/mol. The molecule has 164 valence electrons. The molecule has 1 aliphatic carbocycles. The first-order chi connectivity index (χ1) is 14.7. The molecule has 1 aliphatic rings.